The van der Waals surface area contributed by atoms with Gasteiger partial charge in [0.1, 0.15) is 0 Å². The standard InChI is InChI=1S/C11H12F6O2/c12-10(13,14)9(19,11(15,16)17)7-5-3-1-2-4-6(5)8(7)18/h1-2,5-8,18-19H,3-4H2. The number of aliphatic hydroxyl groups is 2. The fraction of sp³-hybridized carbons (Fsp3) is 0.818. The van der Waals surface area contributed by atoms with Crippen molar-refractivity contribution in [1.82, 2.24) is 0 Å². The summed E-state index contributed by atoms with van der Waals surface area (Å²) in [6.45, 7) is 0. The van der Waals surface area contributed by atoms with Crippen LogP contribution in [0.3, 0.4) is 0 Å². The molecule has 0 saturated heterocycles. The van der Waals surface area contributed by atoms with Crippen LogP contribution >= 0.6 is 0 Å². The summed E-state index contributed by atoms with van der Waals surface area (Å²) in [5, 5.41) is 18.9. The topological polar surface area (TPSA) is 40.5 Å². The highest BCUT2D eigenvalue weighted by Gasteiger charge is 2.79. The number of fused-ring (bicyclic) bond motifs is 1. The van der Waals surface area contributed by atoms with Crippen molar-refractivity contribution < 1.29 is 36.6 Å². The van der Waals surface area contributed by atoms with Crippen LogP contribution in [0.2, 0.25) is 0 Å². The zero-order chi connectivity index (χ0) is 14.6. The maximum Gasteiger partial charge on any atom is 0.426 e. The maximum atomic E-state index is 12.7. The first kappa shape index (κ1) is 14.6. The number of alkyl halides is 6. The Bertz CT molecular complexity index is 372. The van der Waals surface area contributed by atoms with Gasteiger partial charge in [0, 0.05) is 5.92 Å². The number of rotatable bonds is 1. The normalized spacial score (nSPS) is 35.8. The van der Waals surface area contributed by atoms with Crippen molar-refractivity contribution in [2.75, 3.05) is 0 Å². The second-order valence-electron chi connectivity index (χ2n) is 5.05. The van der Waals surface area contributed by atoms with Crippen molar-refractivity contribution in [2.24, 2.45) is 17.8 Å². The third kappa shape index (κ3) is 1.87. The third-order valence-corrected chi connectivity index (χ3v) is 4.15. The van der Waals surface area contributed by atoms with E-state index in [9.17, 15) is 36.6 Å². The first-order valence-corrected chi connectivity index (χ1v) is 5.70. The lowest BCUT2D eigenvalue weighted by molar-refractivity contribution is -0.412. The van der Waals surface area contributed by atoms with Crippen LogP contribution in [0, 0.1) is 17.8 Å². The first-order chi connectivity index (χ1) is 8.52. The molecule has 8 heteroatoms. The monoisotopic (exact) mass is 290 g/mol. The fourth-order valence-electron chi connectivity index (χ4n) is 3.13. The Labute approximate surface area is 104 Å². The van der Waals surface area contributed by atoms with Gasteiger partial charge in [0.25, 0.3) is 5.60 Å². The Morgan fingerprint density at radius 1 is 0.842 bits per heavy atom. The summed E-state index contributed by atoms with van der Waals surface area (Å²) in [5.41, 5.74) is -4.86. The Morgan fingerprint density at radius 2 is 1.26 bits per heavy atom. The molecule has 1 saturated carbocycles. The molecule has 19 heavy (non-hydrogen) atoms. The molecule has 1 fully saturated rings. The molecule has 0 aliphatic heterocycles. The molecular weight excluding hydrogens is 278 g/mol. The van der Waals surface area contributed by atoms with Crippen LogP contribution < -0.4 is 0 Å². The minimum atomic E-state index is -5.87. The van der Waals surface area contributed by atoms with Crippen LogP contribution in [-0.2, 0) is 0 Å². The van der Waals surface area contributed by atoms with Crippen LogP contribution in [0.25, 0.3) is 0 Å². The van der Waals surface area contributed by atoms with Gasteiger partial charge >= 0.3 is 12.4 Å². The average Bonchev–Trinajstić information content (AvgIpc) is 2.25. The molecule has 0 amide bonds. The third-order valence-electron chi connectivity index (χ3n) is 4.15. The highest BCUT2D eigenvalue weighted by atomic mass is 19.4. The lowest BCUT2D eigenvalue weighted by Gasteiger charge is -2.56. The minimum absolute atomic E-state index is 0.000856. The molecule has 2 aliphatic rings. The molecule has 0 bridgehead atoms. The lowest BCUT2D eigenvalue weighted by atomic mass is 9.52. The molecule has 4 atom stereocenters. The minimum Gasteiger partial charge on any atom is -0.392 e. The summed E-state index contributed by atoms with van der Waals surface area (Å²) in [4.78, 5) is 0. The highest BCUT2D eigenvalue weighted by Crippen LogP contribution is 2.60. The Balaban J connectivity index is 2.39. The van der Waals surface area contributed by atoms with Gasteiger partial charge in [-0.05, 0) is 24.7 Å². The van der Waals surface area contributed by atoms with Crippen LogP contribution in [0.4, 0.5) is 26.3 Å². The molecule has 0 spiro atoms. The summed E-state index contributed by atoms with van der Waals surface area (Å²) in [6, 6.07) is 0. The number of aliphatic hydroxyl groups excluding tert-OH is 1. The van der Waals surface area contributed by atoms with Gasteiger partial charge in [0.15, 0.2) is 0 Å². The Kier molecular flexibility index (Phi) is 3.17. The van der Waals surface area contributed by atoms with E-state index in [2.05, 4.69) is 0 Å². The van der Waals surface area contributed by atoms with E-state index >= 15 is 0 Å². The van der Waals surface area contributed by atoms with E-state index in [0.717, 1.165) is 0 Å². The molecule has 0 aromatic heterocycles. The lowest BCUT2D eigenvalue weighted by Crippen LogP contribution is -2.72. The van der Waals surface area contributed by atoms with Crippen LogP contribution in [0.1, 0.15) is 12.8 Å². The van der Waals surface area contributed by atoms with Gasteiger partial charge in [0.2, 0.25) is 0 Å². The molecule has 2 nitrogen and oxygen atoms in total. The van der Waals surface area contributed by atoms with E-state index in [1.54, 1.807) is 6.08 Å². The van der Waals surface area contributed by atoms with Crippen molar-refractivity contribution in [2.45, 2.75) is 36.9 Å². The average molecular weight is 290 g/mol. The number of hydrogen-bond acceptors (Lipinski definition) is 2. The van der Waals surface area contributed by atoms with Gasteiger partial charge in [-0.25, -0.2) is 0 Å². The van der Waals surface area contributed by atoms with E-state index in [1.807, 2.05) is 0 Å². The molecule has 0 aromatic rings. The number of allylic oxidation sites excluding steroid dienone is 2. The van der Waals surface area contributed by atoms with Gasteiger partial charge < -0.3 is 10.2 Å². The predicted molar refractivity (Wildman–Crippen MR) is 51.9 cm³/mol. The summed E-state index contributed by atoms with van der Waals surface area (Å²) in [6.07, 6.45) is -10.2. The van der Waals surface area contributed by atoms with Gasteiger partial charge in [0.05, 0.1) is 6.10 Å². The smallest absolute Gasteiger partial charge is 0.392 e. The molecule has 0 aromatic carbocycles. The second kappa shape index (κ2) is 4.12. The second-order valence-corrected chi connectivity index (χ2v) is 5.05. The molecule has 4 unspecified atom stereocenters. The van der Waals surface area contributed by atoms with E-state index < -0.39 is 41.8 Å². The van der Waals surface area contributed by atoms with Gasteiger partial charge in [-0.15, -0.1) is 0 Å². The maximum absolute atomic E-state index is 12.7. The van der Waals surface area contributed by atoms with Gasteiger partial charge in [-0.2, -0.15) is 26.3 Å². The predicted octanol–water partition coefficient (Wildman–Crippen LogP) is 2.42. The van der Waals surface area contributed by atoms with Crippen molar-refractivity contribution in [1.29, 1.82) is 0 Å². The number of halogens is 6. The fourth-order valence-corrected chi connectivity index (χ4v) is 3.13. The van der Waals surface area contributed by atoms with E-state index in [4.69, 9.17) is 0 Å². The summed E-state index contributed by atoms with van der Waals surface area (Å²) in [7, 11) is 0. The van der Waals surface area contributed by atoms with E-state index in [1.165, 1.54) is 6.08 Å². The zero-order valence-corrected chi connectivity index (χ0v) is 9.54. The largest absolute Gasteiger partial charge is 0.426 e. The molecule has 2 rings (SSSR count). The summed E-state index contributed by atoms with van der Waals surface area (Å²) in [5.74, 6) is -3.91. The first-order valence-electron chi connectivity index (χ1n) is 5.70. The summed E-state index contributed by atoms with van der Waals surface area (Å²) < 4.78 is 76.2. The van der Waals surface area contributed by atoms with Crippen molar-refractivity contribution in [3.63, 3.8) is 0 Å². The van der Waals surface area contributed by atoms with Gasteiger partial charge in [-0.1, -0.05) is 12.2 Å². The molecular formula is C11H12F6O2. The molecule has 2 aliphatic carbocycles. The van der Waals surface area contributed by atoms with E-state index in [-0.39, 0.29) is 12.8 Å². The highest BCUT2D eigenvalue weighted by molar-refractivity contribution is 5.16. The Hall–Kier alpha value is -0.760. The van der Waals surface area contributed by atoms with Crippen LogP contribution in [-0.4, -0.2) is 34.3 Å². The molecule has 0 heterocycles. The molecule has 110 valence electrons. The number of hydrogen-bond donors (Lipinski definition) is 2. The molecule has 0 radical (unpaired) electrons. The van der Waals surface area contributed by atoms with Crippen LogP contribution in [0.5, 0.6) is 0 Å². The van der Waals surface area contributed by atoms with Crippen molar-refractivity contribution in [3.8, 4) is 0 Å². The summed E-state index contributed by atoms with van der Waals surface area (Å²) >= 11 is 0. The van der Waals surface area contributed by atoms with E-state index in [0.29, 0.717) is 0 Å². The van der Waals surface area contributed by atoms with Crippen LogP contribution in [0.15, 0.2) is 12.2 Å². The van der Waals surface area contributed by atoms with Crippen molar-refractivity contribution in [3.05, 3.63) is 12.2 Å². The Morgan fingerprint density at radius 3 is 1.68 bits per heavy atom. The molecule has 2 N–H and O–H groups in total. The SMILES string of the molecule is OC1C2CC=CCC2C1C(O)(C(F)(F)F)C(F)(F)F. The van der Waals surface area contributed by atoms with Gasteiger partial charge in [-0.3, -0.25) is 0 Å². The zero-order valence-electron chi connectivity index (χ0n) is 9.54. The van der Waals surface area contributed by atoms with Crippen molar-refractivity contribution >= 4 is 0 Å². The quantitative estimate of drug-likeness (QED) is 0.575.